The van der Waals surface area contributed by atoms with Gasteiger partial charge < -0.3 is 14.7 Å². The first-order chi connectivity index (χ1) is 13.9. The molecular formula is C19H24F3N5O2. The fourth-order valence-electron chi connectivity index (χ4n) is 4.22. The summed E-state index contributed by atoms with van der Waals surface area (Å²) in [7, 11) is 0. The molecule has 0 bridgehead atoms. The third-order valence-electron chi connectivity index (χ3n) is 5.77. The smallest absolute Gasteiger partial charge is 0.367 e. The van der Waals surface area contributed by atoms with E-state index in [1.807, 2.05) is 6.92 Å². The van der Waals surface area contributed by atoms with Crippen molar-refractivity contribution in [3.05, 3.63) is 29.8 Å². The van der Waals surface area contributed by atoms with Crippen LogP contribution in [0.5, 0.6) is 0 Å². The summed E-state index contributed by atoms with van der Waals surface area (Å²) >= 11 is 0. The lowest BCUT2D eigenvalue weighted by atomic mass is 10.0. The summed E-state index contributed by atoms with van der Waals surface area (Å²) in [4.78, 5) is 14.4. The minimum atomic E-state index is -4.37. The second-order valence-corrected chi connectivity index (χ2v) is 7.67. The number of hydrogen-bond donors (Lipinski definition) is 1. The zero-order valence-electron chi connectivity index (χ0n) is 16.2. The molecule has 0 spiro atoms. The Balaban J connectivity index is 1.53. The molecule has 1 saturated heterocycles. The number of nitrogens with zero attached hydrogens (tertiary/aromatic N) is 4. The van der Waals surface area contributed by atoms with Crippen LogP contribution in [0.25, 0.3) is 0 Å². The Morgan fingerprint density at radius 2 is 2.24 bits per heavy atom. The predicted octanol–water partition coefficient (Wildman–Crippen LogP) is 3.87. The first-order valence-corrected chi connectivity index (χ1v) is 9.98. The Hall–Kier alpha value is -2.52. The summed E-state index contributed by atoms with van der Waals surface area (Å²) in [5.74, 6) is 0.956. The number of hydrogen-bond acceptors (Lipinski definition) is 5. The predicted molar refractivity (Wildman–Crippen MR) is 98.1 cm³/mol. The normalized spacial score (nSPS) is 24.4. The Morgan fingerprint density at radius 1 is 1.41 bits per heavy atom. The van der Waals surface area contributed by atoms with Gasteiger partial charge >= 0.3 is 6.18 Å². The standard InChI is InChI=1S/C19H24F3N5O2/c1-2-12-10-16(19(20,21)22)27-17(24-12)11-14(25-27)15-4-3-9-26(15)18(28)6-5-13-7-8-23-29-13/h7-8,11-12,15-16,24H,2-6,9-10H2,1H3/t12-,15+,16-/m1/s1. The van der Waals surface area contributed by atoms with Crippen molar-refractivity contribution in [3.8, 4) is 0 Å². The van der Waals surface area contributed by atoms with Gasteiger partial charge in [-0.3, -0.25) is 4.79 Å². The third kappa shape index (κ3) is 3.97. The molecule has 0 radical (unpaired) electrons. The van der Waals surface area contributed by atoms with Crippen molar-refractivity contribution < 1.29 is 22.5 Å². The van der Waals surface area contributed by atoms with Crippen LogP contribution in [0.1, 0.15) is 62.6 Å². The minimum absolute atomic E-state index is 0.0430. The van der Waals surface area contributed by atoms with E-state index in [1.54, 1.807) is 17.0 Å². The molecule has 158 valence electrons. The number of nitrogens with one attached hydrogen (secondary N) is 1. The molecule has 1 fully saturated rings. The van der Waals surface area contributed by atoms with Crippen LogP contribution in [0.2, 0.25) is 0 Å². The number of aromatic nitrogens is 3. The van der Waals surface area contributed by atoms with Crippen LogP contribution < -0.4 is 5.32 Å². The molecule has 0 unspecified atom stereocenters. The molecule has 0 aliphatic carbocycles. The van der Waals surface area contributed by atoms with Crippen molar-refractivity contribution in [1.29, 1.82) is 0 Å². The van der Waals surface area contributed by atoms with Crippen LogP contribution in [0.4, 0.5) is 19.0 Å². The maximum atomic E-state index is 13.6. The molecule has 1 N–H and O–H groups in total. The lowest BCUT2D eigenvalue weighted by Crippen LogP contribution is -2.39. The van der Waals surface area contributed by atoms with Crippen LogP contribution in [-0.2, 0) is 11.2 Å². The quantitative estimate of drug-likeness (QED) is 0.809. The number of aryl methyl sites for hydroxylation is 1. The first-order valence-electron chi connectivity index (χ1n) is 9.98. The van der Waals surface area contributed by atoms with E-state index in [0.717, 1.165) is 11.1 Å². The van der Waals surface area contributed by atoms with Gasteiger partial charge in [0, 0.05) is 37.6 Å². The molecule has 3 atom stereocenters. The Labute approximate surface area is 166 Å². The topological polar surface area (TPSA) is 76.2 Å². The van der Waals surface area contributed by atoms with E-state index in [4.69, 9.17) is 4.52 Å². The summed E-state index contributed by atoms with van der Waals surface area (Å²) in [6, 6.07) is 1.20. The van der Waals surface area contributed by atoms with Crippen molar-refractivity contribution >= 4 is 11.7 Å². The third-order valence-corrected chi connectivity index (χ3v) is 5.77. The van der Waals surface area contributed by atoms with Gasteiger partial charge in [-0.25, -0.2) is 4.68 Å². The zero-order valence-corrected chi connectivity index (χ0v) is 16.2. The Bertz CT molecular complexity index is 849. The molecule has 2 aliphatic heterocycles. The van der Waals surface area contributed by atoms with E-state index in [9.17, 15) is 18.0 Å². The number of anilines is 1. The number of fused-ring (bicyclic) bond motifs is 1. The molecule has 0 saturated carbocycles. The molecule has 2 aromatic rings. The van der Waals surface area contributed by atoms with E-state index in [-0.39, 0.29) is 30.8 Å². The number of alkyl halides is 3. The maximum Gasteiger partial charge on any atom is 0.410 e. The number of likely N-dealkylation sites (tertiary alicyclic amines) is 1. The highest BCUT2D eigenvalue weighted by atomic mass is 19.4. The van der Waals surface area contributed by atoms with Crippen molar-refractivity contribution in [2.24, 2.45) is 0 Å². The van der Waals surface area contributed by atoms with E-state index in [2.05, 4.69) is 15.6 Å². The van der Waals surface area contributed by atoms with Gasteiger partial charge in [0.25, 0.3) is 0 Å². The average Bonchev–Trinajstić information content (AvgIpc) is 3.43. The van der Waals surface area contributed by atoms with Crippen molar-refractivity contribution in [1.82, 2.24) is 19.8 Å². The molecule has 10 heteroatoms. The largest absolute Gasteiger partial charge is 0.410 e. The number of halogens is 3. The summed E-state index contributed by atoms with van der Waals surface area (Å²) in [5, 5.41) is 11.1. The van der Waals surface area contributed by atoms with Gasteiger partial charge in [-0.15, -0.1) is 0 Å². The van der Waals surface area contributed by atoms with Crippen LogP contribution in [-0.4, -0.2) is 44.5 Å². The molecular weight excluding hydrogens is 387 g/mol. The number of carbonyl (C=O) groups is 1. The molecule has 0 aromatic carbocycles. The fraction of sp³-hybridized carbons (Fsp3) is 0.632. The van der Waals surface area contributed by atoms with Gasteiger partial charge in [0.1, 0.15) is 11.6 Å². The molecule has 4 heterocycles. The highest BCUT2D eigenvalue weighted by molar-refractivity contribution is 5.77. The monoisotopic (exact) mass is 411 g/mol. The fourth-order valence-corrected chi connectivity index (χ4v) is 4.22. The number of carbonyl (C=O) groups excluding carboxylic acids is 1. The summed E-state index contributed by atoms with van der Waals surface area (Å²) in [6.07, 6.45) is -0.0792. The van der Waals surface area contributed by atoms with Crippen LogP contribution >= 0.6 is 0 Å². The molecule has 2 aromatic heterocycles. The van der Waals surface area contributed by atoms with Crippen LogP contribution in [0.3, 0.4) is 0 Å². The van der Waals surface area contributed by atoms with Gasteiger partial charge in [0.2, 0.25) is 5.91 Å². The average molecular weight is 411 g/mol. The van der Waals surface area contributed by atoms with Crippen molar-refractivity contribution in [2.75, 3.05) is 11.9 Å². The van der Waals surface area contributed by atoms with Gasteiger partial charge in [0.15, 0.2) is 6.04 Å². The minimum Gasteiger partial charge on any atom is -0.367 e. The lowest BCUT2D eigenvalue weighted by Gasteiger charge is -2.32. The molecule has 29 heavy (non-hydrogen) atoms. The number of amides is 1. The van der Waals surface area contributed by atoms with Gasteiger partial charge in [0.05, 0.1) is 17.9 Å². The second kappa shape index (κ2) is 7.72. The molecule has 4 rings (SSSR count). The Kier molecular flexibility index (Phi) is 5.26. The van der Waals surface area contributed by atoms with E-state index in [1.165, 1.54) is 6.20 Å². The summed E-state index contributed by atoms with van der Waals surface area (Å²) in [5.41, 5.74) is 0.518. The number of rotatable bonds is 5. The summed E-state index contributed by atoms with van der Waals surface area (Å²) < 4.78 is 46.8. The van der Waals surface area contributed by atoms with E-state index < -0.39 is 12.2 Å². The van der Waals surface area contributed by atoms with Crippen molar-refractivity contribution in [2.45, 2.75) is 69.8 Å². The van der Waals surface area contributed by atoms with Crippen molar-refractivity contribution in [3.63, 3.8) is 0 Å². The SMILES string of the molecule is CC[C@@H]1C[C@H](C(F)(F)F)n2nc([C@@H]3CCCN3C(=O)CCc3ccno3)cc2N1. The van der Waals surface area contributed by atoms with Gasteiger partial charge in [-0.1, -0.05) is 12.1 Å². The lowest BCUT2D eigenvalue weighted by molar-refractivity contribution is -0.173. The van der Waals surface area contributed by atoms with Crippen LogP contribution in [0.15, 0.2) is 22.9 Å². The highest BCUT2D eigenvalue weighted by Gasteiger charge is 2.46. The molecule has 2 aliphatic rings. The Morgan fingerprint density at radius 3 is 2.93 bits per heavy atom. The van der Waals surface area contributed by atoms with Gasteiger partial charge in [-0.2, -0.15) is 18.3 Å². The second-order valence-electron chi connectivity index (χ2n) is 7.67. The molecule has 7 nitrogen and oxygen atoms in total. The van der Waals surface area contributed by atoms with Crippen LogP contribution in [0, 0.1) is 0 Å². The van der Waals surface area contributed by atoms with E-state index in [0.29, 0.717) is 43.1 Å². The highest BCUT2D eigenvalue weighted by Crippen LogP contribution is 2.42. The first kappa shape index (κ1) is 19.8. The maximum absolute atomic E-state index is 13.6. The molecule has 1 amide bonds. The zero-order chi connectivity index (χ0) is 20.6. The van der Waals surface area contributed by atoms with Gasteiger partial charge in [-0.05, 0) is 25.7 Å². The van der Waals surface area contributed by atoms with E-state index >= 15 is 0 Å². The summed E-state index contributed by atoms with van der Waals surface area (Å²) in [6.45, 7) is 2.44.